The van der Waals surface area contributed by atoms with Gasteiger partial charge in [0.2, 0.25) is 5.78 Å². The molecule has 0 aliphatic carbocycles. The minimum absolute atomic E-state index is 0.0731. The number of rotatable bonds is 4. The molecule has 1 aliphatic heterocycles. The van der Waals surface area contributed by atoms with E-state index in [2.05, 4.69) is 0 Å². The van der Waals surface area contributed by atoms with Gasteiger partial charge in [0.05, 0.1) is 19.9 Å². The second-order valence-electron chi connectivity index (χ2n) is 4.42. The van der Waals surface area contributed by atoms with E-state index in [1.165, 1.54) is 26.4 Å². The molecule has 0 spiro atoms. The van der Waals surface area contributed by atoms with Gasteiger partial charge in [-0.25, -0.2) is 4.90 Å². The average molecular weight is 291 g/mol. The fraction of sp³-hybridized carbons (Fsp3) is 0.286. The summed E-state index contributed by atoms with van der Waals surface area (Å²) in [4.78, 5) is 48.1. The maximum absolute atomic E-state index is 12.2. The molecule has 1 saturated heterocycles. The molecule has 110 valence electrons. The average Bonchev–Trinajstić information content (AvgIpc) is 2.68. The van der Waals surface area contributed by atoms with Crippen LogP contribution in [0.1, 0.15) is 6.92 Å². The lowest BCUT2D eigenvalue weighted by atomic mass is 10.0. The zero-order valence-electron chi connectivity index (χ0n) is 11.7. The summed E-state index contributed by atoms with van der Waals surface area (Å²) in [5.41, 5.74) is 0.0731. The molecular formula is C14H13NO6. The zero-order chi connectivity index (χ0) is 15.7. The number of nitrogens with zero attached hydrogens (tertiary/aromatic N) is 1. The van der Waals surface area contributed by atoms with Crippen molar-refractivity contribution in [3.05, 3.63) is 18.2 Å². The zero-order valence-corrected chi connectivity index (χ0v) is 11.7. The molecule has 0 unspecified atom stereocenters. The summed E-state index contributed by atoms with van der Waals surface area (Å²) in [5.74, 6) is -4.59. The lowest BCUT2D eigenvalue weighted by Gasteiger charge is -2.17. The summed E-state index contributed by atoms with van der Waals surface area (Å²) < 4.78 is 10.1. The molecule has 0 bridgehead atoms. The van der Waals surface area contributed by atoms with Crippen LogP contribution in [-0.2, 0) is 19.2 Å². The molecule has 0 aromatic heterocycles. The Hall–Kier alpha value is -2.70. The van der Waals surface area contributed by atoms with E-state index in [4.69, 9.17) is 9.47 Å². The van der Waals surface area contributed by atoms with Crippen LogP contribution in [0.25, 0.3) is 0 Å². The lowest BCUT2D eigenvalue weighted by Crippen LogP contribution is -2.32. The number of hydrogen-bond donors (Lipinski definition) is 0. The van der Waals surface area contributed by atoms with Crippen molar-refractivity contribution in [3.63, 3.8) is 0 Å². The molecule has 1 aliphatic rings. The standard InChI is InChI=1S/C14H13NO6/c1-7(16)11-12(17)14(19)15(13(11)18)9-6-8(20-2)4-5-10(9)21-3/h4-6,11H,1-3H3/t11-/m0/s1. The van der Waals surface area contributed by atoms with E-state index >= 15 is 0 Å². The fourth-order valence-electron chi connectivity index (χ4n) is 2.13. The number of imide groups is 1. The molecule has 7 nitrogen and oxygen atoms in total. The van der Waals surface area contributed by atoms with Crippen molar-refractivity contribution >= 4 is 29.1 Å². The topological polar surface area (TPSA) is 90.0 Å². The van der Waals surface area contributed by atoms with Crippen LogP contribution in [-0.4, -0.2) is 37.6 Å². The third kappa shape index (κ3) is 2.26. The number of carbonyl (C=O) groups is 4. The minimum Gasteiger partial charge on any atom is -0.497 e. The molecule has 21 heavy (non-hydrogen) atoms. The second kappa shape index (κ2) is 5.35. The Kier molecular flexibility index (Phi) is 3.75. The Bertz CT molecular complexity index is 651. The van der Waals surface area contributed by atoms with E-state index in [1.54, 1.807) is 6.07 Å². The molecule has 1 aromatic carbocycles. The number of ketones is 2. The minimum atomic E-state index is -1.58. The molecule has 1 heterocycles. The smallest absolute Gasteiger partial charge is 0.302 e. The van der Waals surface area contributed by atoms with Crippen LogP contribution in [0.4, 0.5) is 5.69 Å². The molecule has 2 amide bonds. The summed E-state index contributed by atoms with van der Waals surface area (Å²) in [5, 5.41) is 0. The predicted molar refractivity (Wildman–Crippen MR) is 71.2 cm³/mol. The lowest BCUT2D eigenvalue weighted by molar-refractivity contribution is -0.139. The van der Waals surface area contributed by atoms with E-state index in [0.29, 0.717) is 10.6 Å². The molecule has 1 atom stereocenters. The maximum Gasteiger partial charge on any atom is 0.302 e. The highest BCUT2D eigenvalue weighted by molar-refractivity contribution is 6.59. The van der Waals surface area contributed by atoms with E-state index in [-0.39, 0.29) is 11.4 Å². The van der Waals surface area contributed by atoms with Crippen molar-refractivity contribution in [2.24, 2.45) is 5.92 Å². The number of carbonyl (C=O) groups excluding carboxylic acids is 4. The van der Waals surface area contributed by atoms with Gasteiger partial charge < -0.3 is 9.47 Å². The normalized spacial score (nSPS) is 18.1. The van der Waals surface area contributed by atoms with Gasteiger partial charge >= 0.3 is 5.91 Å². The first-order chi connectivity index (χ1) is 9.92. The van der Waals surface area contributed by atoms with Gasteiger partial charge in [0.15, 0.2) is 5.92 Å². The Morgan fingerprint density at radius 2 is 1.81 bits per heavy atom. The molecule has 0 N–H and O–H groups in total. The van der Waals surface area contributed by atoms with Crippen molar-refractivity contribution < 1.29 is 28.7 Å². The summed E-state index contributed by atoms with van der Waals surface area (Å²) in [6, 6.07) is 4.47. The summed E-state index contributed by atoms with van der Waals surface area (Å²) in [6.07, 6.45) is 0. The first kappa shape index (κ1) is 14.7. The van der Waals surface area contributed by atoms with Crippen LogP contribution in [0.2, 0.25) is 0 Å². The van der Waals surface area contributed by atoms with Gasteiger partial charge in [-0.2, -0.15) is 0 Å². The molecule has 2 rings (SSSR count). The largest absolute Gasteiger partial charge is 0.497 e. The van der Waals surface area contributed by atoms with Crippen molar-refractivity contribution in [3.8, 4) is 11.5 Å². The molecule has 7 heteroatoms. The van der Waals surface area contributed by atoms with Crippen LogP contribution in [0.5, 0.6) is 11.5 Å². The molecule has 0 radical (unpaired) electrons. The van der Waals surface area contributed by atoms with Gasteiger partial charge in [-0.3, -0.25) is 19.2 Å². The van der Waals surface area contributed by atoms with E-state index < -0.39 is 29.3 Å². The quantitative estimate of drug-likeness (QED) is 0.452. The summed E-state index contributed by atoms with van der Waals surface area (Å²) in [7, 11) is 2.78. The van der Waals surface area contributed by atoms with Crippen LogP contribution in [0.15, 0.2) is 18.2 Å². The maximum atomic E-state index is 12.2. The number of methoxy groups -OCH3 is 2. The highest BCUT2D eigenvalue weighted by Crippen LogP contribution is 2.35. The highest BCUT2D eigenvalue weighted by Gasteiger charge is 2.50. The van der Waals surface area contributed by atoms with Gasteiger partial charge in [0.1, 0.15) is 17.3 Å². The molecule has 1 aromatic rings. The fourth-order valence-corrected chi connectivity index (χ4v) is 2.13. The second-order valence-corrected chi connectivity index (χ2v) is 4.42. The van der Waals surface area contributed by atoms with Crippen molar-refractivity contribution in [2.75, 3.05) is 19.1 Å². The Balaban J connectivity index is 2.56. The van der Waals surface area contributed by atoms with Gasteiger partial charge in [-0.1, -0.05) is 0 Å². The summed E-state index contributed by atoms with van der Waals surface area (Å²) in [6.45, 7) is 1.10. The molecular weight excluding hydrogens is 278 g/mol. The van der Waals surface area contributed by atoms with E-state index in [0.717, 1.165) is 6.92 Å². The van der Waals surface area contributed by atoms with Crippen LogP contribution in [0, 0.1) is 5.92 Å². The van der Waals surface area contributed by atoms with Crippen molar-refractivity contribution in [2.45, 2.75) is 6.92 Å². The van der Waals surface area contributed by atoms with Crippen LogP contribution in [0.3, 0.4) is 0 Å². The third-order valence-electron chi connectivity index (χ3n) is 3.18. The Labute approximate surface area is 120 Å². The molecule has 1 fully saturated rings. The third-order valence-corrected chi connectivity index (χ3v) is 3.18. The number of anilines is 1. The van der Waals surface area contributed by atoms with Gasteiger partial charge in [0, 0.05) is 6.07 Å². The first-order valence-electron chi connectivity index (χ1n) is 6.07. The summed E-state index contributed by atoms with van der Waals surface area (Å²) >= 11 is 0. The van der Waals surface area contributed by atoms with Crippen molar-refractivity contribution in [1.82, 2.24) is 0 Å². The Morgan fingerprint density at radius 1 is 1.14 bits per heavy atom. The number of benzene rings is 1. The highest BCUT2D eigenvalue weighted by atomic mass is 16.5. The van der Waals surface area contributed by atoms with Crippen LogP contribution < -0.4 is 14.4 Å². The predicted octanol–water partition coefficient (Wildman–Crippen LogP) is 0.351. The van der Waals surface area contributed by atoms with Gasteiger partial charge in [-0.15, -0.1) is 0 Å². The number of amides is 2. The first-order valence-corrected chi connectivity index (χ1v) is 6.07. The van der Waals surface area contributed by atoms with Crippen LogP contribution >= 0.6 is 0 Å². The Morgan fingerprint density at radius 3 is 2.29 bits per heavy atom. The van der Waals surface area contributed by atoms with E-state index in [9.17, 15) is 19.2 Å². The number of Topliss-reactive ketones (excluding diaryl/α,β-unsaturated/α-hetero) is 2. The van der Waals surface area contributed by atoms with E-state index in [1.807, 2.05) is 0 Å². The monoisotopic (exact) mass is 291 g/mol. The van der Waals surface area contributed by atoms with Gasteiger partial charge in [0.25, 0.3) is 5.91 Å². The molecule has 0 saturated carbocycles. The number of hydrogen-bond acceptors (Lipinski definition) is 6. The SMILES string of the molecule is COc1ccc(OC)c(N2C(=O)C(=O)[C@H](C(C)=O)C2=O)c1. The van der Waals surface area contributed by atoms with Gasteiger partial charge in [-0.05, 0) is 19.1 Å². The number of ether oxygens (including phenoxy) is 2. The van der Waals surface area contributed by atoms with Crippen molar-refractivity contribution in [1.29, 1.82) is 0 Å².